The average molecular weight is 395 g/mol. The van der Waals surface area contributed by atoms with Crippen LogP contribution in [0, 0.1) is 17.7 Å². The number of carbonyl (C=O) groups is 3. The highest BCUT2D eigenvalue weighted by molar-refractivity contribution is 5.81. The molecule has 0 aliphatic carbocycles. The predicted molar refractivity (Wildman–Crippen MR) is 97.8 cm³/mol. The standard InChI is InChI=1S/C20H26FNO6/c1-4-17(23)27-19(12(2)3)28-20(26)22-11-14(10-16(22)18(24)25)8-13-6-5-7-15(21)9-13/h5-7,9,12,14,16,19H,4,8,10-11H2,1-3H3,(H,24,25)/t14-,16-,19-/m0/s1. The van der Waals surface area contributed by atoms with Gasteiger partial charge in [-0.2, -0.15) is 0 Å². The SMILES string of the molecule is CCC(=O)O[C@@H](OC(=O)N1C[C@@H](Cc2cccc(F)c2)C[C@H]1C(=O)O)C(C)C. The van der Waals surface area contributed by atoms with Crippen molar-refractivity contribution in [2.75, 3.05) is 6.54 Å². The van der Waals surface area contributed by atoms with Gasteiger partial charge in [-0.15, -0.1) is 0 Å². The number of hydrogen-bond acceptors (Lipinski definition) is 5. The first-order valence-corrected chi connectivity index (χ1v) is 9.35. The summed E-state index contributed by atoms with van der Waals surface area (Å²) in [5.41, 5.74) is 0.737. The monoisotopic (exact) mass is 395 g/mol. The summed E-state index contributed by atoms with van der Waals surface area (Å²) >= 11 is 0. The van der Waals surface area contributed by atoms with E-state index in [9.17, 15) is 23.9 Å². The third-order valence-corrected chi connectivity index (χ3v) is 4.62. The number of amides is 1. The lowest BCUT2D eigenvalue weighted by atomic mass is 9.97. The lowest BCUT2D eigenvalue weighted by molar-refractivity contribution is -0.177. The molecular formula is C20H26FNO6. The van der Waals surface area contributed by atoms with Crippen LogP contribution in [0.1, 0.15) is 39.2 Å². The average Bonchev–Trinajstić information content (AvgIpc) is 3.05. The zero-order valence-electron chi connectivity index (χ0n) is 16.3. The fourth-order valence-electron chi connectivity index (χ4n) is 3.18. The molecule has 1 saturated heterocycles. The third-order valence-electron chi connectivity index (χ3n) is 4.62. The number of aliphatic carboxylic acids is 1. The molecule has 1 aromatic carbocycles. The second kappa shape index (κ2) is 9.52. The van der Waals surface area contributed by atoms with Gasteiger partial charge >= 0.3 is 18.0 Å². The molecule has 1 aromatic rings. The maximum absolute atomic E-state index is 13.4. The molecule has 7 nitrogen and oxygen atoms in total. The van der Waals surface area contributed by atoms with Gasteiger partial charge in [0.2, 0.25) is 0 Å². The minimum atomic E-state index is -1.13. The van der Waals surface area contributed by atoms with Crippen LogP contribution in [0.2, 0.25) is 0 Å². The van der Waals surface area contributed by atoms with E-state index in [0.717, 1.165) is 10.5 Å². The number of likely N-dealkylation sites (tertiary alicyclic amines) is 1. The molecule has 154 valence electrons. The molecule has 0 aromatic heterocycles. The van der Waals surface area contributed by atoms with Gasteiger partial charge in [0.1, 0.15) is 11.9 Å². The van der Waals surface area contributed by atoms with Crippen molar-refractivity contribution in [2.45, 2.75) is 52.4 Å². The maximum Gasteiger partial charge on any atom is 0.413 e. The maximum atomic E-state index is 13.4. The quantitative estimate of drug-likeness (QED) is 0.563. The molecule has 1 aliphatic rings. The van der Waals surface area contributed by atoms with E-state index in [2.05, 4.69) is 0 Å². The first kappa shape index (κ1) is 21.7. The van der Waals surface area contributed by atoms with Crippen molar-refractivity contribution >= 4 is 18.0 Å². The van der Waals surface area contributed by atoms with Crippen LogP contribution in [0.3, 0.4) is 0 Å². The molecule has 1 fully saturated rings. The van der Waals surface area contributed by atoms with Crippen molar-refractivity contribution in [3.8, 4) is 0 Å². The summed E-state index contributed by atoms with van der Waals surface area (Å²) in [5.74, 6) is -2.43. The van der Waals surface area contributed by atoms with Crippen LogP contribution in [0.25, 0.3) is 0 Å². The van der Waals surface area contributed by atoms with Crippen LogP contribution in [-0.4, -0.2) is 46.9 Å². The van der Waals surface area contributed by atoms with Crippen molar-refractivity contribution < 1.29 is 33.4 Å². The summed E-state index contributed by atoms with van der Waals surface area (Å²) in [6.07, 6.45) is -1.10. The van der Waals surface area contributed by atoms with Crippen LogP contribution in [0.4, 0.5) is 9.18 Å². The number of benzene rings is 1. The molecule has 1 amide bonds. The Balaban J connectivity index is 2.07. The van der Waals surface area contributed by atoms with E-state index in [0.29, 0.717) is 6.42 Å². The number of ether oxygens (including phenoxy) is 2. The normalized spacial score (nSPS) is 20.1. The van der Waals surface area contributed by atoms with Crippen LogP contribution in [0.15, 0.2) is 24.3 Å². The Morgan fingerprint density at radius 3 is 2.57 bits per heavy atom. The van der Waals surface area contributed by atoms with Gasteiger partial charge in [-0.25, -0.2) is 14.0 Å². The second-order valence-electron chi connectivity index (χ2n) is 7.28. The second-order valence-corrected chi connectivity index (χ2v) is 7.28. The first-order valence-electron chi connectivity index (χ1n) is 9.35. The van der Waals surface area contributed by atoms with E-state index in [1.54, 1.807) is 32.9 Å². The number of rotatable bonds is 7. The number of carboxylic acids is 1. The minimum absolute atomic E-state index is 0.137. The van der Waals surface area contributed by atoms with Gasteiger partial charge in [0.25, 0.3) is 6.29 Å². The Bertz CT molecular complexity index is 722. The van der Waals surface area contributed by atoms with E-state index in [-0.39, 0.29) is 37.0 Å². The molecule has 1 aliphatic heterocycles. The highest BCUT2D eigenvalue weighted by Gasteiger charge is 2.41. The number of halogens is 1. The zero-order chi connectivity index (χ0) is 20.8. The molecule has 0 saturated carbocycles. The fraction of sp³-hybridized carbons (Fsp3) is 0.550. The highest BCUT2D eigenvalue weighted by Crippen LogP contribution is 2.28. The van der Waals surface area contributed by atoms with Crippen LogP contribution in [-0.2, 0) is 25.5 Å². The largest absolute Gasteiger partial charge is 0.480 e. The fourth-order valence-corrected chi connectivity index (χ4v) is 3.18. The van der Waals surface area contributed by atoms with Crippen LogP contribution >= 0.6 is 0 Å². The number of nitrogens with zero attached hydrogens (tertiary/aromatic N) is 1. The number of esters is 1. The Morgan fingerprint density at radius 1 is 1.29 bits per heavy atom. The molecule has 0 spiro atoms. The molecule has 28 heavy (non-hydrogen) atoms. The van der Waals surface area contributed by atoms with Crippen molar-refractivity contribution in [1.82, 2.24) is 4.90 Å². The van der Waals surface area contributed by atoms with Crippen molar-refractivity contribution in [2.24, 2.45) is 11.8 Å². The zero-order valence-corrected chi connectivity index (χ0v) is 16.3. The number of carbonyl (C=O) groups excluding carboxylic acids is 2. The van der Waals surface area contributed by atoms with Crippen molar-refractivity contribution in [3.63, 3.8) is 0 Å². The Kier molecular flexibility index (Phi) is 7.37. The molecule has 0 bridgehead atoms. The smallest absolute Gasteiger partial charge is 0.413 e. The van der Waals surface area contributed by atoms with Crippen molar-refractivity contribution in [1.29, 1.82) is 0 Å². The number of hydrogen-bond donors (Lipinski definition) is 1. The van der Waals surface area contributed by atoms with E-state index >= 15 is 0 Å². The lowest BCUT2D eigenvalue weighted by Gasteiger charge is -2.26. The summed E-state index contributed by atoms with van der Waals surface area (Å²) in [7, 11) is 0. The van der Waals surface area contributed by atoms with Crippen LogP contribution < -0.4 is 0 Å². The summed E-state index contributed by atoms with van der Waals surface area (Å²) < 4.78 is 23.8. The Labute approximate surface area is 163 Å². The lowest BCUT2D eigenvalue weighted by Crippen LogP contribution is -2.43. The predicted octanol–water partition coefficient (Wildman–Crippen LogP) is 3.22. The summed E-state index contributed by atoms with van der Waals surface area (Å²) in [5, 5.41) is 9.49. The van der Waals surface area contributed by atoms with Gasteiger partial charge in [-0.3, -0.25) is 9.69 Å². The van der Waals surface area contributed by atoms with E-state index in [1.807, 2.05) is 0 Å². The molecule has 8 heteroatoms. The molecular weight excluding hydrogens is 369 g/mol. The van der Waals surface area contributed by atoms with Gasteiger partial charge in [0, 0.05) is 18.9 Å². The Hall–Kier alpha value is -2.64. The van der Waals surface area contributed by atoms with Crippen molar-refractivity contribution in [3.05, 3.63) is 35.6 Å². The topological polar surface area (TPSA) is 93.1 Å². The van der Waals surface area contributed by atoms with Crippen LogP contribution in [0.5, 0.6) is 0 Å². The number of carboxylic acid groups (broad SMARTS) is 1. The summed E-state index contributed by atoms with van der Waals surface area (Å²) in [4.78, 5) is 36.9. The molecule has 1 N–H and O–H groups in total. The minimum Gasteiger partial charge on any atom is -0.480 e. The molecule has 1 heterocycles. The van der Waals surface area contributed by atoms with E-state index in [4.69, 9.17) is 9.47 Å². The van der Waals surface area contributed by atoms with Gasteiger partial charge in [0.05, 0.1) is 0 Å². The highest BCUT2D eigenvalue weighted by atomic mass is 19.1. The van der Waals surface area contributed by atoms with E-state index < -0.39 is 30.4 Å². The first-order chi connectivity index (χ1) is 13.2. The van der Waals surface area contributed by atoms with Gasteiger partial charge in [-0.05, 0) is 36.5 Å². The third kappa shape index (κ3) is 5.68. The summed E-state index contributed by atoms with van der Waals surface area (Å²) in [6.45, 7) is 5.25. The van der Waals surface area contributed by atoms with Gasteiger partial charge < -0.3 is 14.6 Å². The van der Waals surface area contributed by atoms with E-state index in [1.165, 1.54) is 12.1 Å². The summed E-state index contributed by atoms with van der Waals surface area (Å²) in [6, 6.07) is 5.05. The molecule has 2 rings (SSSR count). The molecule has 0 unspecified atom stereocenters. The molecule has 3 atom stereocenters. The molecule has 0 radical (unpaired) electrons. The van der Waals surface area contributed by atoms with Gasteiger partial charge in [0.15, 0.2) is 0 Å². The Morgan fingerprint density at radius 2 is 2.00 bits per heavy atom. The van der Waals surface area contributed by atoms with Gasteiger partial charge in [-0.1, -0.05) is 32.9 Å².